The van der Waals surface area contributed by atoms with Crippen LogP contribution in [-0.2, 0) is 18.5 Å². The number of carbonyl (C=O) groups is 1. The molecule has 0 saturated heterocycles. The summed E-state index contributed by atoms with van der Waals surface area (Å²) in [5.74, 6) is 0.739. The number of fused-ring (bicyclic) bond motifs is 2. The fourth-order valence-electron chi connectivity index (χ4n) is 3.00. The predicted molar refractivity (Wildman–Crippen MR) is 96.5 cm³/mol. The molecule has 1 aromatic heterocycles. The zero-order valence-electron chi connectivity index (χ0n) is 14.5. The summed E-state index contributed by atoms with van der Waals surface area (Å²) in [6.07, 6.45) is 1.62. The maximum Gasteiger partial charge on any atom is 0.212 e. The molecule has 6 heteroatoms. The molecule has 1 heterocycles. The highest BCUT2D eigenvalue weighted by Crippen LogP contribution is 2.27. The van der Waals surface area contributed by atoms with Crippen molar-refractivity contribution in [1.82, 2.24) is 9.55 Å². The van der Waals surface area contributed by atoms with E-state index in [9.17, 15) is 4.79 Å². The number of aryl methyl sites for hydroxylation is 1. The molecule has 1 aliphatic carbocycles. The highest BCUT2D eigenvalue weighted by Gasteiger charge is 2.32. The molecule has 3 aromatic rings. The van der Waals surface area contributed by atoms with Gasteiger partial charge in [0.1, 0.15) is 29.5 Å². The summed E-state index contributed by atoms with van der Waals surface area (Å²) >= 11 is 0. The number of ether oxygens (including phenoxy) is 1. The number of nitrogens with zero attached hydrogens (tertiary/aromatic N) is 3. The van der Waals surface area contributed by atoms with Crippen LogP contribution in [0.4, 0.5) is 0 Å². The molecule has 0 unspecified atom stereocenters. The van der Waals surface area contributed by atoms with Gasteiger partial charge >= 0.3 is 0 Å². The molecule has 4 rings (SSSR count). The summed E-state index contributed by atoms with van der Waals surface area (Å²) in [7, 11) is 3.43. The van der Waals surface area contributed by atoms with Crippen molar-refractivity contribution in [1.29, 1.82) is 0 Å². The van der Waals surface area contributed by atoms with E-state index < -0.39 is 0 Å². The summed E-state index contributed by atoms with van der Waals surface area (Å²) in [5, 5.41) is 4.31. The van der Waals surface area contributed by atoms with Gasteiger partial charge in [-0.15, -0.1) is 0 Å². The van der Waals surface area contributed by atoms with Gasteiger partial charge in [-0.2, -0.15) is 0 Å². The normalized spacial score (nSPS) is 14.1. The largest absolute Gasteiger partial charge is 0.497 e. The molecule has 0 bridgehead atoms. The van der Waals surface area contributed by atoms with Gasteiger partial charge in [0, 0.05) is 18.2 Å². The van der Waals surface area contributed by atoms with Crippen molar-refractivity contribution >= 4 is 11.5 Å². The fourth-order valence-corrected chi connectivity index (χ4v) is 3.00. The van der Waals surface area contributed by atoms with Crippen LogP contribution in [-0.4, -0.2) is 28.2 Å². The molecule has 0 fully saturated rings. The first-order chi connectivity index (χ1) is 12.7. The Bertz CT molecular complexity index is 1000. The monoisotopic (exact) mass is 347 g/mol. The number of aromatic nitrogens is 2. The zero-order valence-corrected chi connectivity index (χ0v) is 14.5. The average Bonchev–Trinajstić information content (AvgIpc) is 3.07. The molecule has 0 N–H and O–H groups in total. The van der Waals surface area contributed by atoms with Crippen molar-refractivity contribution in [2.75, 3.05) is 7.11 Å². The van der Waals surface area contributed by atoms with Gasteiger partial charge in [-0.1, -0.05) is 41.6 Å². The zero-order chi connectivity index (χ0) is 18.1. The van der Waals surface area contributed by atoms with Crippen LogP contribution in [0.2, 0.25) is 0 Å². The number of hydrogen-bond donors (Lipinski definition) is 0. The summed E-state index contributed by atoms with van der Waals surface area (Å²) in [6, 6.07) is 15.0. The van der Waals surface area contributed by atoms with Crippen molar-refractivity contribution in [3.63, 3.8) is 0 Å². The second-order valence-electron chi connectivity index (χ2n) is 5.99. The number of oxime groups is 1. The van der Waals surface area contributed by atoms with Gasteiger partial charge in [-0.05, 0) is 17.7 Å². The van der Waals surface area contributed by atoms with Gasteiger partial charge in [-0.25, -0.2) is 4.98 Å². The second-order valence-corrected chi connectivity index (χ2v) is 5.99. The maximum absolute atomic E-state index is 12.7. The van der Waals surface area contributed by atoms with Gasteiger partial charge < -0.3 is 14.1 Å². The van der Waals surface area contributed by atoms with Crippen molar-refractivity contribution in [2.24, 2.45) is 12.2 Å². The van der Waals surface area contributed by atoms with Crippen molar-refractivity contribution < 1.29 is 14.4 Å². The molecule has 0 aliphatic heterocycles. The molecule has 0 amide bonds. The molecule has 0 radical (unpaired) electrons. The lowest BCUT2D eigenvalue weighted by Gasteiger charge is -2.17. The lowest BCUT2D eigenvalue weighted by atomic mass is 9.89. The van der Waals surface area contributed by atoms with Crippen LogP contribution in [0.1, 0.15) is 32.9 Å². The Hall–Kier alpha value is -3.41. The van der Waals surface area contributed by atoms with E-state index in [4.69, 9.17) is 9.57 Å². The predicted octanol–water partition coefficient (Wildman–Crippen LogP) is 2.94. The molecule has 130 valence electrons. The van der Waals surface area contributed by atoms with Crippen LogP contribution in [0.25, 0.3) is 0 Å². The van der Waals surface area contributed by atoms with Gasteiger partial charge in [0.15, 0.2) is 0 Å². The quantitative estimate of drug-likeness (QED) is 0.533. The minimum absolute atomic E-state index is 0.0512. The van der Waals surface area contributed by atoms with Crippen molar-refractivity contribution in [2.45, 2.75) is 6.61 Å². The number of hydrogen-bond acceptors (Lipinski definition) is 5. The van der Waals surface area contributed by atoms with E-state index in [1.54, 1.807) is 31.1 Å². The van der Waals surface area contributed by atoms with Gasteiger partial charge in [0.25, 0.3) is 0 Å². The molecule has 1 aliphatic rings. The second kappa shape index (κ2) is 6.48. The molecule has 6 nitrogen and oxygen atoms in total. The Kier molecular flexibility index (Phi) is 4.01. The molecular formula is C20H17N3O3. The van der Waals surface area contributed by atoms with E-state index in [-0.39, 0.29) is 5.78 Å². The Balaban J connectivity index is 1.66. The molecule has 0 atom stereocenters. The van der Waals surface area contributed by atoms with Crippen LogP contribution < -0.4 is 4.74 Å². The Morgan fingerprint density at radius 2 is 1.81 bits per heavy atom. The highest BCUT2D eigenvalue weighted by molar-refractivity contribution is 6.28. The number of ketones is 1. The van der Waals surface area contributed by atoms with Gasteiger partial charge in [-0.3, -0.25) is 4.79 Å². The first-order valence-corrected chi connectivity index (χ1v) is 8.17. The first-order valence-electron chi connectivity index (χ1n) is 8.17. The average molecular weight is 347 g/mol. The third kappa shape index (κ3) is 2.65. The highest BCUT2D eigenvalue weighted by atomic mass is 16.6. The smallest absolute Gasteiger partial charge is 0.212 e. The number of methoxy groups -OCH3 is 1. The van der Waals surface area contributed by atoms with Crippen LogP contribution in [0, 0.1) is 0 Å². The van der Waals surface area contributed by atoms with Crippen LogP contribution in [0.3, 0.4) is 0 Å². The SMILES string of the molecule is COc1ccc(CON=C2c3ccccc3C(=O)c3c2ncn3C)cc1. The third-order valence-corrected chi connectivity index (χ3v) is 4.35. The van der Waals surface area contributed by atoms with Crippen LogP contribution >= 0.6 is 0 Å². The maximum atomic E-state index is 12.7. The van der Waals surface area contributed by atoms with E-state index >= 15 is 0 Å². The number of imidazole rings is 1. The van der Waals surface area contributed by atoms with E-state index in [0.29, 0.717) is 29.3 Å². The van der Waals surface area contributed by atoms with Gasteiger partial charge in [0.05, 0.1) is 13.4 Å². The molecule has 0 spiro atoms. The first kappa shape index (κ1) is 16.1. The summed E-state index contributed by atoms with van der Waals surface area (Å²) in [6.45, 7) is 0.311. The Morgan fingerprint density at radius 1 is 1.08 bits per heavy atom. The van der Waals surface area contributed by atoms with E-state index in [2.05, 4.69) is 10.1 Å². The molecular weight excluding hydrogens is 330 g/mol. The number of rotatable bonds is 4. The number of benzene rings is 2. The Labute approximate surface area is 150 Å². The lowest BCUT2D eigenvalue weighted by molar-refractivity contribution is 0.102. The van der Waals surface area contributed by atoms with Gasteiger partial charge in [0.2, 0.25) is 5.78 Å². The molecule has 2 aromatic carbocycles. The fraction of sp³-hybridized carbons (Fsp3) is 0.150. The van der Waals surface area contributed by atoms with E-state index in [1.807, 2.05) is 42.5 Å². The summed E-state index contributed by atoms with van der Waals surface area (Å²) in [4.78, 5) is 22.7. The summed E-state index contributed by atoms with van der Waals surface area (Å²) in [5.41, 5.74) is 3.95. The minimum atomic E-state index is -0.0512. The minimum Gasteiger partial charge on any atom is -0.497 e. The van der Waals surface area contributed by atoms with E-state index in [1.165, 1.54) is 0 Å². The van der Waals surface area contributed by atoms with Crippen molar-refractivity contribution in [3.8, 4) is 5.75 Å². The number of carbonyl (C=O) groups excluding carboxylic acids is 1. The Morgan fingerprint density at radius 3 is 2.54 bits per heavy atom. The van der Waals surface area contributed by atoms with Crippen LogP contribution in [0.15, 0.2) is 60.0 Å². The summed E-state index contributed by atoms with van der Waals surface area (Å²) < 4.78 is 6.86. The van der Waals surface area contributed by atoms with E-state index in [0.717, 1.165) is 16.9 Å². The molecule has 26 heavy (non-hydrogen) atoms. The standard InChI is InChI=1S/C20H17N3O3/c1-23-12-21-18-17(15-5-3-4-6-16(15)20(24)19(18)23)22-26-11-13-7-9-14(25-2)10-8-13/h3-10,12H,11H2,1-2H3. The molecule has 0 saturated carbocycles. The third-order valence-electron chi connectivity index (χ3n) is 4.35. The van der Waals surface area contributed by atoms with Crippen LogP contribution in [0.5, 0.6) is 5.75 Å². The topological polar surface area (TPSA) is 65.7 Å². The lowest BCUT2D eigenvalue weighted by Crippen LogP contribution is -2.23. The van der Waals surface area contributed by atoms with Crippen molar-refractivity contribution in [3.05, 3.63) is 82.9 Å².